The van der Waals surface area contributed by atoms with Gasteiger partial charge in [-0.25, -0.2) is 13.9 Å². The molecule has 0 aliphatic carbocycles. The monoisotopic (exact) mass is 460 g/mol. The number of hydrogen-bond donors (Lipinski definition) is 2. The second-order valence-electron chi connectivity index (χ2n) is 6.55. The number of nitro groups is 1. The molecule has 4 rings (SSSR count). The van der Waals surface area contributed by atoms with Crippen LogP contribution >= 0.6 is 19.6 Å². The summed E-state index contributed by atoms with van der Waals surface area (Å²) in [5.41, 5.74) is 5.13. The second-order valence-corrected chi connectivity index (χ2v) is 9.53. The zero-order valence-electron chi connectivity index (χ0n) is 15.4. The highest BCUT2D eigenvalue weighted by Crippen LogP contribution is 2.59. The number of fused-ring (bicyclic) bond motifs is 1. The van der Waals surface area contributed by atoms with Gasteiger partial charge in [0.15, 0.2) is 0 Å². The summed E-state index contributed by atoms with van der Waals surface area (Å²) in [5, 5.41) is 20.4. The Kier molecular flexibility index (Phi) is 5.42. The zero-order valence-corrected chi connectivity index (χ0v) is 17.1. The van der Waals surface area contributed by atoms with Crippen LogP contribution in [0.4, 0.5) is 11.8 Å². The maximum atomic E-state index is 12.9. The Balaban J connectivity index is 1.46. The summed E-state index contributed by atoms with van der Waals surface area (Å²) in [7, 11) is -2.65. The van der Waals surface area contributed by atoms with Crippen molar-refractivity contribution in [3.8, 4) is 0 Å². The van der Waals surface area contributed by atoms with E-state index in [0.717, 1.165) is 0 Å². The van der Waals surface area contributed by atoms with Gasteiger partial charge in [-0.15, -0.1) is 11.8 Å². The number of aliphatic hydroxyl groups is 1. The Labute approximate surface area is 172 Å². The van der Waals surface area contributed by atoms with E-state index in [4.69, 9.17) is 19.3 Å². The number of anilines is 1. The van der Waals surface area contributed by atoms with E-state index in [-0.39, 0.29) is 24.7 Å². The topological polar surface area (TPSA) is 187 Å². The summed E-state index contributed by atoms with van der Waals surface area (Å²) in [6, 6.07) is 1.43. The van der Waals surface area contributed by atoms with Gasteiger partial charge in [-0.1, -0.05) is 4.98 Å². The molecule has 30 heavy (non-hydrogen) atoms. The zero-order chi connectivity index (χ0) is 21.6. The normalized spacial score (nSPS) is 30.9. The lowest BCUT2D eigenvalue weighted by Crippen LogP contribution is -2.40. The third-order valence-electron chi connectivity index (χ3n) is 4.68. The molecule has 1 unspecified atom stereocenters. The molecular weight excluding hydrogens is 443 g/mol. The Morgan fingerprint density at radius 3 is 3.00 bits per heavy atom. The number of aliphatic hydroxyl groups excluding tert-OH is 1. The fourth-order valence-corrected chi connectivity index (χ4v) is 6.19. The van der Waals surface area contributed by atoms with Crippen molar-refractivity contribution in [2.24, 2.45) is 7.05 Å². The van der Waals surface area contributed by atoms with Gasteiger partial charge in [-0.05, 0) is 11.0 Å². The highest BCUT2D eigenvalue weighted by atomic mass is 32.2. The number of aromatic nitrogens is 4. The minimum absolute atomic E-state index is 0.0527. The third kappa shape index (κ3) is 3.75. The second kappa shape index (κ2) is 7.76. The standard InChI is InChI=1S/C14H17N6O8PS/c1-18-7(4-16-13(18)20(23)24)5-26-29(25)27-6-8-11(28-29)10(21)12(30-8)19-3-2-9(15)17-14(19)22/h2-4,8,10-12,21H,5-6H2,1H3,(H2,15,17,22)/t8-,10+,11-,12-,29?/m1/s1. The molecule has 5 atom stereocenters. The first-order chi connectivity index (χ1) is 14.2. The number of phosphoric ester groups is 1. The highest BCUT2D eigenvalue weighted by molar-refractivity contribution is 8.00. The lowest BCUT2D eigenvalue weighted by Gasteiger charge is -2.31. The van der Waals surface area contributed by atoms with Crippen LogP contribution in [0.3, 0.4) is 0 Å². The highest BCUT2D eigenvalue weighted by Gasteiger charge is 2.53. The van der Waals surface area contributed by atoms with Crippen molar-refractivity contribution >= 4 is 31.4 Å². The van der Waals surface area contributed by atoms with E-state index in [9.17, 15) is 24.6 Å². The van der Waals surface area contributed by atoms with E-state index in [1.54, 1.807) is 0 Å². The summed E-state index contributed by atoms with van der Waals surface area (Å²) in [5.74, 6) is -0.343. The number of nitrogens with zero attached hydrogens (tertiary/aromatic N) is 5. The van der Waals surface area contributed by atoms with Crippen LogP contribution in [0.2, 0.25) is 0 Å². The van der Waals surface area contributed by atoms with Crippen molar-refractivity contribution in [1.29, 1.82) is 0 Å². The molecule has 0 amide bonds. The summed E-state index contributed by atoms with van der Waals surface area (Å²) >= 11 is 1.22. The molecule has 2 fully saturated rings. The van der Waals surface area contributed by atoms with Gasteiger partial charge in [0.1, 0.15) is 41.9 Å². The number of nitrogens with two attached hydrogens (primary N) is 1. The number of thioether (sulfide) groups is 1. The maximum Gasteiger partial charge on any atom is 0.475 e. The summed E-state index contributed by atoms with van der Waals surface area (Å²) in [6.45, 7) is -0.372. The molecule has 16 heteroatoms. The van der Waals surface area contributed by atoms with Gasteiger partial charge in [-0.2, -0.15) is 4.98 Å². The van der Waals surface area contributed by atoms with Crippen LogP contribution in [0.1, 0.15) is 11.1 Å². The third-order valence-corrected chi connectivity index (χ3v) is 7.63. The summed E-state index contributed by atoms with van der Waals surface area (Å²) < 4.78 is 31.3. The largest absolute Gasteiger partial charge is 0.475 e. The lowest BCUT2D eigenvalue weighted by molar-refractivity contribution is -0.396. The molecule has 0 aromatic carbocycles. The van der Waals surface area contributed by atoms with E-state index < -0.39 is 47.2 Å². The quantitative estimate of drug-likeness (QED) is 0.351. The molecule has 14 nitrogen and oxygen atoms in total. The molecule has 3 N–H and O–H groups in total. The van der Waals surface area contributed by atoms with Crippen LogP contribution in [0, 0.1) is 10.1 Å². The smallest absolute Gasteiger partial charge is 0.390 e. The van der Waals surface area contributed by atoms with E-state index in [1.807, 2.05) is 0 Å². The molecule has 2 aliphatic heterocycles. The molecule has 2 aliphatic rings. The molecule has 0 bridgehead atoms. The van der Waals surface area contributed by atoms with Gasteiger partial charge in [0.2, 0.25) is 0 Å². The number of hydrogen-bond acceptors (Lipinski definition) is 12. The summed E-state index contributed by atoms with van der Waals surface area (Å²) in [6.07, 6.45) is 0.509. The van der Waals surface area contributed by atoms with Crippen LogP contribution in [0.15, 0.2) is 23.3 Å². The molecule has 0 spiro atoms. The number of rotatable bonds is 5. The predicted molar refractivity (Wildman–Crippen MR) is 102 cm³/mol. The number of imidazole rings is 1. The fourth-order valence-electron chi connectivity index (χ4n) is 3.13. The lowest BCUT2D eigenvalue weighted by atomic mass is 10.1. The van der Waals surface area contributed by atoms with Crippen molar-refractivity contribution in [3.63, 3.8) is 0 Å². The van der Waals surface area contributed by atoms with Gasteiger partial charge in [0.05, 0.1) is 18.9 Å². The Morgan fingerprint density at radius 1 is 1.57 bits per heavy atom. The predicted octanol–water partition coefficient (Wildman–Crippen LogP) is 0.182. The average Bonchev–Trinajstić information content (AvgIpc) is 3.21. The van der Waals surface area contributed by atoms with Crippen LogP contribution in [0.5, 0.6) is 0 Å². The molecular formula is C14H17N6O8PS. The molecule has 0 radical (unpaired) electrons. The Morgan fingerprint density at radius 2 is 2.33 bits per heavy atom. The van der Waals surface area contributed by atoms with Gasteiger partial charge < -0.3 is 21.0 Å². The minimum atomic E-state index is -4.07. The van der Waals surface area contributed by atoms with E-state index in [0.29, 0.717) is 0 Å². The first-order valence-corrected chi connectivity index (χ1v) is 11.0. The van der Waals surface area contributed by atoms with E-state index in [2.05, 4.69) is 9.97 Å². The summed E-state index contributed by atoms with van der Waals surface area (Å²) in [4.78, 5) is 29.6. The van der Waals surface area contributed by atoms with Crippen LogP contribution in [0.25, 0.3) is 0 Å². The molecule has 2 aromatic rings. The van der Waals surface area contributed by atoms with Crippen LogP contribution < -0.4 is 11.4 Å². The van der Waals surface area contributed by atoms with Crippen LogP contribution in [-0.2, 0) is 31.8 Å². The fraction of sp³-hybridized carbons (Fsp3) is 0.500. The molecule has 0 saturated carbocycles. The SMILES string of the molecule is Cn1c(COP2(=O)OC[C@H]3S[C@@H](n4ccc(N)nc4=O)[C@@H](O)[C@@H]3O2)cnc1[N+](=O)[O-]. The Hall–Kier alpha value is -2.29. The van der Waals surface area contributed by atoms with Gasteiger partial charge in [-0.3, -0.25) is 18.1 Å². The average molecular weight is 460 g/mol. The van der Waals surface area contributed by atoms with Crippen molar-refractivity contribution in [2.45, 2.75) is 29.4 Å². The van der Waals surface area contributed by atoms with Crippen molar-refractivity contribution in [1.82, 2.24) is 19.1 Å². The molecule has 2 aromatic heterocycles. The van der Waals surface area contributed by atoms with E-state index >= 15 is 0 Å². The van der Waals surface area contributed by atoms with Crippen molar-refractivity contribution in [2.75, 3.05) is 12.3 Å². The molecule has 2 saturated heterocycles. The van der Waals surface area contributed by atoms with Crippen LogP contribution in [-0.4, -0.2) is 53.2 Å². The van der Waals surface area contributed by atoms with Gasteiger partial charge >= 0.3 is 19.5 Å². The first kappa shape index (κ1) is 21.0. The molecule has 4 heterocycles. The minimum Gasteiger partial charge on any atom is -0.390 e. The number of nitrogen functional groups attached to an aromatic ring is 1. The first-order valence-electron chi connectivity index (χ1n) is 8.59. The van der Waals surface area contributed by atoms with Gasteiger partial charge in [0.25, 0.3) is 0 Å². The maximum absolute atomic E-state index is 12.9. The van der Waals surface area contributed by atoms with Gasteiger partial charge in [0, 0.05) is 6.20 Å². The van der Waals surface area contributed by atoms with E-state index in [1.165, 1.54) is 46.4 Å². The molecule has 162 valence electrons. The van der Waals surface area contributed by atoms with Crippen molar-refractivity contribution < 1.29 is 28.2 Å². The van der Waals surface area contributed by atoms with Crippen molar-refractivity contribution in [3.05, 3.63) is 44.8 Å². The Bertz CT molecular complexity index is 1090. The number of phosphoric acid groups is 1.